The summed E-state index contributed by atoms with van der Waals surface area (Å²) in [5.41, 5.74) is 23.9. The Morgan fingerprint density at radius 2 is 0.500 bits per heavy atom. The van der Waals surface area contributed by atoms with Crippen LogP contribution in [0.1, 0.15) is 0 Å². The monoisotopic (exact) mass is 1130 g/mol. The zero-order chi connectivity index (χ0) is 58.7. The number of rotatable bonds is 6. The Morgan fingerprint density at radius 3 is 1.04 bits per heavy atom. The van der Waals surface area contributed by atoms with E-state index in [9.17, 15) is 0 Å². The van der Waals surface area contributed by atoms with Crippen LogP contribution in [0.3, 0.4) is 0 Å². The van der Waals surface area contributed by atoms with Crippen LogP contribution in [-0.2, 0) is 0 Å². The van der Waals surface area contributed by atoms with Crippen LogP contribution >= 0.6 is 0 Å². The standard InChI is InChI=1S/C88H50N2/c1-5-19-51(20-6-1)55-33-34-65-71(45-55)78(47-77-68-41-37-58(54-25-11-4-12-26-54)84-70-32-18-44-90-88(70)81(86(68)84)50-76(65)77)74-46-73-61-29-15-16-30-62(61)79(48-75(73)60-28-14-13-27-59(60)74)82-56(52-21-7-2-8-22-52)35-38-63-66(82)42-39-64-67-40-36-57(53-23-9-3-10-24-53)83-69-31-17-43-89-87(69)80(85(67)83)49-72(63)64/h1-50H. The van der Waals surface area contributed by atoms with Gasteiger partial charge in [-0.05, 0) is 201 Å². The molecule has 0 aliphatic heterocycles. The quantitative estimate of drug-likeness (QED) is 0.155. The van der Waals surface area contributed by atoms with Crippen LogP contribution < -0.4 is 0 Å². The third-order valence-corrected chi connectivity index (χ3v) is 20.0. The highest BCUT2D eigenvalue weighted by molar-refractivity contribution is 6.34. The van der Waals surface area contributed by atoms with Gasteiger partial charge in [-0.15, -0.1) is 0 Å². The lowest BCUT2D eigenvalue weighted by atomic mass is 9.82. The fraction of sp³-hybridized carbons (Fsp3) is 0. The van der Waals surface area contributed by atoms with E-state index in [1.54, 1.807) is 0 Å². The molecule has 0 saturated heterocycles. The first-order chi connectivity index (χ1) is 44.7. The zero-order valence-electron chi connectivity index (χ0n) is 48.8. The van der Waals surface area contributed by atoms with Crippen molar-refractivity contribution in [3.63, 3.8) is 0 Å². The molecule has 0 radical (unpaired) electrons. The van der Waals surface area contributed by atoms with E-state index in [2.05, 4.69) is 291 Å². The molecule has 0 atom stereocenters. The van der Waals surface area contributed by atoms with Crippen LogP contribution in [0, 0.1) is 0 Å². The molecule has 0 unspecified atom stereocenters. The molecule has 2 aliphatic carbocycles. The van der Waals surface area contributed by atoms with Gasteiger partial charge in [-0.1, -0.05) is 243 Å². The molecule has 0 spiro atoms. The highest BCUT2D eigenvalue weighted by Gasteiger charge is 2.31. The van der Waals surface area contributed by atoms with E-state index in [1.165, 1.54) is 197 Å². The summed E-state index contributed by atoms with van der Waals surface area (Å²) in [5.74, 6) is 0. The first kappa shape index (κ1) is 49.3. The summed E-state index contributed by atoms with van der Waals surface area (Å²) >= 11 is 0. The highest BCUT2D eigenvalue weighted by Crippen LogP contribution is 2.57. The van der Waals surface area contributed by atoms with E-state index in [0.717, 1.165) is 11.4 Å². The van der Waals surface area contributed by atoms with Gasteiger partial charge in [-0.25, -0.2) is 0 Å². The van der Waals surface area contributed by atoms with E-state index in [-0.39, 0.29) is 0 Å². The van der Waals surface area contributed by atoms with Crippen LogP contribution in [0.5, 0.6) is 0 Å². The van der Waals surface area contributed by atoms with Crippen LogP contribution in [0.2, 0.25) is 0 Å². The maximum Gasteiger partial charge on any atom is 0.0787 e. The van der Waals surface area contributed by atoms with Gasteiger partial charge >= 0.3 is 0 Å². The minimum absolute atomic E-state index is 1.04. The van der Waals surface area contributed by atoms with Crippen molar-refractivity contribution >= 4 is 97.0 Å². The molecule has 16 aromatic carbocycles. The van der Waals surface area contributed by atoms with Gasteiger partial charge < -0.3 is 0 Å². The number of benzene rings is 16. The predicted octanol–water partition coefficient (Wildman–Crippen LogP) is 24.2. The van der Waals surface area contributed by atoms with Crippen LogP contribution in [-0.4, -0.2) is 9.97 Å². The molecule has 18 aromatic rings. The van der Waals surface area contributed by atoms with Gasteiger partial charge in [0.2, 0.25) is 0 Å². The number of pyridine rings is 2. The van der Waals surface area contributed by atoms with Crippen molar-refractivity contribution in [3.05, 3.63) is 304 Å². The van der Waals surface area contributed by atoms with Crippen molar-refractivity contribution in [2.75, 3.05) is 0 Å². The topological polar surface area (TPSA) is 25.8 Å². The summed E-state index contributed by atoms with van der Waals surface area (Å²) in [6.07, 6.45) is 3.90. The first-order valence-corrected chi connectivity index (χ1v) is 31.2. The molecule has 2 heterocycles. The van der Waals surface area contributed by atoms with Crippen molar-refractivity contribution in [3.8, 4) is 112 Å². The summed E-state index contributed by atoms with van der Waals surface area (Å²) in [7, 11) is 0. The lowest BCUT2D eigenvalue weighted by molar-refractivity contribution is 1.35. The number of hydrogen-bond acceptors (Lipinski definition) is 2. The molecule has 2 heteroatoms. The predicted molar refractivity (Wildman–Crippen MR) is 381 cm³/mol. The van der Waals surface area contributed by atoms with Gasteiger partial charge in [0.05, 0.1) is 11.4 Å². The third-order valence-electron chi connectivity index (χ3n) is 20.0. The van der Waals surface area contributed by atoms with Gasteiger partial charge in [-0.3, -0.25) is 9.97 Å². The Hall–Kier alpha value is -11.8. The Kier molecular flexibility index (Phi) is 10.3. The van der Waals surface area contributed by atoms with Crippen molar-refractivity contribution in [2.24, 2.45) is 0 Å². The SMILES string of the molecule is c1ccc(-c2ccc3c(c2)c(-c2cc4c5ccccc5c(-c5c(-c6ccccc6)ccc6c5ccc5c7ccc(-c8ccccc8)c8c7c(cc65)-c5ncccc5-8)cc4c4ccccc24)cc2c4ccc(-c5ccccc5)c5c4c(cc32)-c2ncccc2-5)cc1. The molecule has 2 nitrogen and oxygen atoms in total. The molecule has 412 valence electrons. The summed E-state index contributed by atoms with van der Waals surface area (Å²) in [6, 6.07) is 109. The fourth-order valence-electron chi connectivity index (χ4n) is 16.1. The second-order valence-electron chi connectivity index (χ2n) is 24.5. The first-order valence-electron chi connectivity index (χ1n) is 31.2. The maximum absolute atomic E-state index is 5.14. The van der Waals surface area contributed by atoms with Gasteiger partial charge in [0.25, 0.3) is 0 Å². The molecular formula is C88H50N2. The van der Waals surface area contributed by atoms with E-state index in [0.29, 0.717) is 0 Å². The molecule has 90 heavy (non-hydrogen) atoms. The maximum atomic E-state index is 5.14. The van der Waals surface area contributed by atoms with Gasteiger partial charge in [0, 0.05) is 56.5 Å². The number of hydrogen-bond donors (Lipinski definition) is 0. The highest BCUT2D eigenvalue weighted by atomic mass is 14.7. The average molecular weight is 1140 g/mol. The number of aromatic nitrogens is 2. The second kappa shape index (κ2) is 18.8. The van der Waals surface area contributed by atoms with Gasteiger partial charge in [-0.2, -0.15) is 0 Å². The Labute approximate surface area is 518 Å². The molecule has 0 bridgehead atoms. The molecule has 0 fully saturated rings. The fourth-order valence-corrected chi connectivity index (χ4v) is 16.1. The number of fused-ring (bicyclic) bond motifs is 19. The lowest BCUT2D eigenvalue weighted by Gasteiger charge is -2.21. The average Bonchev–Trinajstić information content (AvgIpc) is 1.43. The number of nitrogens with zero attached hydrogens (tertiary/aromatic N) is 2. The molecular weight excluding hydrogens is 1080 g/mol. The van der Waals surface area contributed by atoms with Crippen LogP contribution in [0.4, 0.5) is 0 Å². The summed E-state index contributed by atoms with van der Waals surface area (Å²) in [6.45, 7) is 0. The zero-order valence-corrected chi connectivity index (χ0v) is 48.8. The van der Waals surface area contributed by atoms with Gasteiger partial charge in [0.15, 0.2) is 0 Å². The van der Waals surface area contributed by atoms with Crippen LogP contribution in [0.15, 0.2) is 304 Å². The third kappa shape index (κ3) is 6.93. The minimum atomic E-state index is 1.04. The summed E-state index contributed by atoms with van der Waals surface area (Å²) < 4.78 is 0. The minimum Gasteiger partial charge on any atom is -0.256 e. The molecule has 20 rings (SSSR count). The van der Waals surface area contributed by atoms with E-state index < -0.39 is 0 Å². The molecule has 2 aromatic heterocycles. The van der Waals surface area contributed by atoms with Crippen LogP contribution in [0.25, 0.3) is 208 Å². The van der Waals surface area contributed by atoms with E-state index in [1.807, 2.05) is 12.4 Å². The normalized spacial score (nSPS) is 12.2. The second-order valence-corrected chi connectivity index (χ2v) is 24.5. The molecule has 0 N–H and O–H groups in total. The van der Waals surface area contributed by atoms with E-state index in [4.69, 9.17) is 9.97 Å². The molecule has 0 amide bonds. The largest absolute Gasteiger partial charge is 0.256 e. The Morgan fingerprint density at radius 1 is 0.156 bits per heavy atom. The summed E-state index contributed by atoms with van der Waals surface area (Å²) in [4.78, 5) is 10.3. The van der Waals surface area contributed by atoms with Crippen molar-refractivity contribution in [1.29, 1.82) is 0 Å². The summed E-state index contributed by atoms with van der Waals surface area (Å²) in [5, 5.41) is 22.2. The Balaban J connectivity index is 0.866. The molecule has 2 aliphatic rings. The van der Waals surface area contributed by atoms with Crippen molar-refractivity contribution < 1.29 is 0 Å². The van der Waals surface area contributed by atoms with E-state index >= 15 is 0 Å². The molecule has 0 saturated carbocycles. The lowest BCUT2D eigenvalue weighted by Crippen LogP contribution is -1.94. The van der Waals surface area contributed by atoms with Crippen molar-refractivity contribution in [2.45, 2.75) is 0 Å². The smallest absolute Gasteiger partial charge is 0.0787 e. The van der Waals surface area contributed by atoms with Crippen molar-refractivity contribution in [1.82, 2.24) is 9.97 Å². The van der Waals surface area contributed by atoms with Gasteiger partial charge in [0.1, 0.15) is 0 Å². The Bertz CT molecular complexity index is 6170.